The van der Waals surface area contributed by atoms with Gasteiger partial charge in [-0.2, -0.15) is 0 Å². The van der Waals surface area contributed by atoms with Crippen LogP contribution in [0.4, 0.5) is 5.69 Å². The maximum absolute atomic E-state index is 4.04. The molecule has 2 rings (SSSR count). The number of hydrogen-bond donors (Lipinski definition) is 1. The van der Waals surface area contributed by atoms with Gasteiger partial charge in [-0.25, -0.2) is 0 Å². The topological polar surface area (TPSA) is 42.7 Å². The Balaban J connectivity index is 2.04. The van der Waals surface area contributed by atoms with Crippen LogP contribution < -0.4 is 5.32 Å². The summed E-state index contributed by atoms with van der Waals surface area (Å²) >= 11 is 0. The van der Waals surface area contributed by atoms with Crippen LogP contribution in [0.1, 0.15) is 31.2 Å². The van der Waals surface area contributed by atoms with Gasteiger partial charge in [0, 0.05) is 12.7 Å². The molecule has 1 N–H and O–H groups in total. The van der Waals surface area contributed by atoms with E-state index in [2.05, 4.69) is 53.6 Å². The fourth-order valence-electron chi connectivity index (χ4n) is 1.66. The summed E-state index contributed by atoms with van der Waals surface area (Å²) in [6.07, 6.45) is 1.71. The van der Waals surface area contributed by atoms with Crippen LogP contribution in [-0.2, 0) is 13.6 Å². The van der Waals surface area contributed by atoms with Crippen molar-refractivity contribution >= 4 is 5.69 Å². The van der Waals surface area contributed by atoms with Crippen molar-refractivity contribution in [3.8, 4) is 0 Å². The van der Waals surface area contributed by atoms with Gasteiger partial charge < -0.3 is 9.88 Å². The first-order chi connectivity index (χ1) is 8.16. The average Bonchev–Trinajstić information content (AvgIpc) is 2.72. The third kappa shape index (κ3) is 2.84. The molecule has 4 nitrogen and oxygen atoms in total. The van der Waals surface area contributed by atoms with Gasteiger partial charge in [0.05, 0.1) is 6.54 Å². The summed E-state index contributed by atoms with van der Waals surface area (Å²) in [6.45, 7) is 5.08. The fraction of sp³-hybridized carbons (Fsp3) is 0.385. The highest BCUT2D eigenvalue weighted by molar-refractivity contribution is 5.46. The minimum absolute atomic E-state index is 0.548. The Morgan fingerprint density at radius 2 is 2.18 bits per heavy atom. The van der Waals surface area contributed by atoms with Gasteiger partial charge in [-0.3, -0.25) is 0 Å². The van der Waals surface area contributed by atoms with Crippen LogP contribution in [-0.4, -0.2) is 14.8 Å². The van der Waals surface area contributed by atoms with Gasteiger partial charge in [-0.05, 0) is 23.6 Å². The summed E-state index contributed by atoms with van der Waals surface area (Å²) in [7, 11) is 1.95. The molecule has 4 heteroatoms. The molecule has 1 aromatic carbocycles. The van der Waals surface area contributed by atoms with E-state index in [0.29, 0.717) is 12.5 Å². The molecule has 0 radical (unpaired) electrons. The lowest BCUT2D eigenvalue weighted by molar-refractivity contribution is 0.811. The van der Waals surface area contributed by atoms with Crippen LogP contribution in [0.5, 0.6) is 0 Å². The molecule has 1 aromatic heterocycles. The zero-order valence-electron chi connectivity index (χ0n) is 10.5. The summed E-state index contributed by atoms with van der Waals surface area (Å²) < 4.78 is 1.92. The molecule has 0 aliphatic rings. The van der Waals surface area contributed by atoms with Crippen molar-refractivity contribution in [1.82, 2.24) is 14.8 Å². The van der Waals surface area contributed by atoms with Crippen LogP contribution in [0.15, 0.2) is 30.6 Å². The largest absolute Gasteiger partial charge is 0.378 e. The smallest absolute Gasteiger partial charge is 0.151 e. The highest BCUT2D eigenvalue weighted by atomic mass is 15.3. The van der Waals surface area contributed by atoms with Crippen LogP contribution in [0.2, 0.25) is 0 Å². The number of hydrogen-bond acceptors (Lipinski definition) is 3. The molecule has 0 aliphatic heterocycles. The average molecular weight is 230 g/mol. The number of aromatic nitrogens is 3. The van der Waals surface area contributed by atoms with Crippen molar-refractivity contribution in [2.45, 2.75) is 26.3 Å². The lowest BCUT2D eigenvalue weighted by Crippen LogP contribution is -2.05. The minimum Gasteiger partial charge on any atom is -0.378 e. The summed E-state index contributed by atoms with van der Waals surface area (Å²) in [4.78, 5) is 0. The molecule has 1 heterocycles. The van der Waals surface area contributed by atoms with Gasteiger partial charge in [-0.1, -0.05) is 26.0 Å². The lowest BCUT2D eigenvalue weighted by atomic mass is 10.0. The molecular formula is C13H18N4. The second-order valence-corrected chi connectivity index (χ2v) is 4.49. The molecular weight excluding hydrogens is 212 g/mol. The Hall–Kier alpha value is -1.84. The van der Waals surface area contributed by atoms with Crippen LogP contribution in [0.3, 0.4) is 0 Å². The van der Waals surface area contributed by atoms with E-state index < -0.39 is 0 Å². The predicted octanol–water partition coefficient (Wildman–Crippen LogP) is 2.55. The SMILES string of the molecule is CC(C)c1cccc(NCc2nncn2C)c1. The summed E-state index contributed by atoms with van der Waals surface area (Å²) in [5, 5.41) is 11.3. The number of nitrogens with one attached hydrogen (secondary N) is 1. The third-order valence-corrected chi connectivity index (χ3v) is 2.81. The van der Waals surface area contributed by atoms with Gasteiger partial charge in [0.1, 0.15) is 6.33 Å². The van der Waals surface area contributed by atoms with E-state index in [1.165, 1.54) is 5.56 Å². The molecule has 0 amide bonds. The van der Waals surface area contributed by atoms with Gasteiger partial charge in [-0.15, -0.1) is 10.2 Å². The lowest BCUT2D eigenvalue weighted by Gasteiger charge is -2.09. The normalized spacial score (nSPS) is 10.8. The zero-order valence-corrected chi connectivity index (χ0v) is 10.5. The number of rotatable bonds is 4. The number of benzene rings is 1. The predicted molar refractivity (Wildman–Crippen MR) is 68.9 cm³/mol. The summed E-state index contributed by atoms with van der Waals surface area (Å²) in [6, 6.07) is 8.48. The minimum atomic E-state index is 0.548. The molecule has 0 saturated heterocycles. The second kappa shape index (κ2) is 4.99. The molecule has 0 atom stereocenters. The molecule has 0 bridgehead atoms. The zero-order chi connectivity index (χ0) is 12.3. The van der Waals surface area contributed by atoms with Crippen molar-refractivity contribution in [1.29, 1.82) is 0 Å². The Kier molecular flexibility index (Phi) is 3.42. The summed E-state index contributed by atoms with van der Waals surface area (Å²) in [5.41, 5.74) is 2.46. The first-order valence-electron chi connectivity index (χ1n) is 5.83. The summed E-state index contributed by atoms with van der Waals surface area (Å²) in [5.74, 6) is 1.48. The molecule has 0 saturated carbocycles. The van der Waals surface area contributed by atoms with E-state index >= 15 is 0 Å². The molecule has 2 aromatic rings. The van der Waals surface area contributed by atoms with Crippen molar-refractivity contribution < 1.29 is 0 Å². The Morgan fingerprint density at radius 3 is 2.82 bits per heavy atom. The van der Waals surface area contributed by atoms with E-state index in [1.54, 1.807) is 6.33 Å². The molecule has 0 unspecified atom stereocenters. The van der Waals surface area contributed by atoms with E-state index in [4.69, 9.17) is 0 Å². The first-order valence-corrected chi connectivity index (χ1v) is 5.83. The van der Waals surface area contributed by atoms with Crippen molar-refractivity contribution in [2.75, 3.05) is 5.32 Å². The molecule has 0 fully saturated rings. The number of aryl methyl sites for hydroxylation is 1. The van der Waals surface area contributed by atoms with E-state index in [0.717, 1.165) is 11.5 Å². The van der Waals surface area contributed by atoms with Crippen LogP contribution in [0, 0.1) is 0 Å². The molecule has 0 spiro atoms. The van der Waals surface area contributed by atoms with Gasteiger partial charge in [0.25, 0.3) is 0 Å². The molecule has 0 aliphatic carbocycles. The van der Waals surface area contributed by atoms with Crippen molar-refractivity contribution in [3.63, 3.8) is 0 Å². The van der Waals surface area contributed by atoms with Gasteiger partial charge >= 0.3 is 0 Å². The van der Waals surface area contributed by atoms with E-state index in [9.17, 15) is 0 Å². The van der Waals surface area contributed by atoms with Crippen LogP contribution in [0.25, 0.3) is 0 Å². The second-order valence-electron chi connectivity index (χ2n) is 4.49. The Morgan fingerprint density at radius 1 is 1.35 bits per heavy atom. The highest BCUT2D eigenvalue weighted by Crippen LogP contribution is 2.18. The van der Waals surface area contributed by atoms with Gasteiger partial charge in [0.15, 0.2) is 5.82 Å². The van der Waals surface area contributed by atoms with E-state index in [1.807, 2.05) is 11.6 Å². The molecule has 17 heavy (non-hydrogen) atoms. The van der Waals surface area contributed by atoms with E-state index in [-0.39, 0.29) is 0 Å². The number of nitrogens with zero attached hydrogens (tertiary/aromatic N) is 3. The highest BCUT2D eigenvalue weighted by Gasteiger charge is 2.02. The van der Waals surface area contributed by atoms with Crippen molar-refractivity contribution in [3.05, 3.63) is 42.0 Å². The number of anilines is 1. The maximum atomic E-state index is 4.04. The van der Waals surface area contributed by atoms with Crippen molar-refractivity contribution in [2.24, 2.45) is 7.05 Å². The standard InChI is InChI=1S/C13H18N4/c1-10(2)11-5-4-6-12(7-11)14-8-13-16-15-9-17(13)3/h4-7,9-10,14H,8H2,1-3H3. The first kappa shape index (κ1) is 11.6. The maximum Gasteiger partial charge on any atom is 0.151 e. The Bertz CT molecular complexity index is 488. The third-order valence-electron chi connectivity index (χ3n) is 2.81. The Labute approximate surface area is 102 Å². The van der Waals surface area contributed by atoms with Crippen LogP contribution >= 0.6 is 0 Å². The monoisotopic (exact) mass is 230 g/mol. The van der Waals surface area contributed by atoms with Gasteiger partial charge in [0.2, 0.25) is 0 Å². The quantitative estimate of drug-likeness (QED) is 0.877. The fourth-order valence-corrected chi connectivity index (χ4v) is 1.66. The molecule has 90 valence electrons.